The van der Waals surface area contributed by atoms with E-state index in [1.165, 1.54) is 0 Å². The molecule has 1 aromatic carbocycles. The molecule has 2 aromatic rings. The average molecular weight is 232 g/mol. The van der Waals surface area contributed by atoms with Gasteiger partial charge in [-0.05, 0) is 24.3 Å². The Labute approximate surface area is 97.7 Å². The number of carboxylic acid groups (broad SMARTS) is 1. The number of carbonyl (C=O) groups excluding carboxylic acids is 1. The molecular weight excluding hydrogens is 220 g/mol. The van der Waals surface area contributed by atoms with E-state index in [0.29, 0.717) is 5.56 Å². The number of benzene rings is 1. The molecule has 88 valence electrons. The first kappa shape index (κ1) is 11.2. The minimum absolute atomic E-state index is 0.369. The number of carboxylic acids is 1. The molecule has 5 heteroatoms. The topological polar surface area (TPSA) is 71.3 Å². The van der Waals surface area contributed by atoms with Crippen LogP contribution in [0.1, 0.15) is 10.4 Å². The Kier molecular flexibility index (Phi) is 2.82. The van der Waals surface area contributed by atoms with Crippen LogP contribution >= 0.6 is 0 Å². The summed E-state index contributed by atoms with van der Waals surface area (Å²) >= 11 is 0. The fraction of sp³-hybridized carbons (Fsp3) is 0.167. The van der Waals surface area contributed by atoms with Crippen molar-refractivity contribution < 1.29 is 14.7 Å². The van der Waals surface area contributed by atoms with Gasteiger partial charge in [0.2, 0.25) is 0 Å². The summed E-state index contributed by atoms with van der Waals surface area (Å²) in [5, 5.41) is 11.7. The molecule has 1 amide bonds. The monoisotopic (exact) mass is 232 g/mol. The Hall–Kier alpha value is -2.30. The number of aromatic nitrogens is 1. The molecule has 17 heavy (non-hydrogen) atoms. The number of carbonyl (C=O) groups is 2. The number of amides is 1. The van der Waals surface area contributed by atoms with Crippen LogP contribution in [0, 0.1) is 0 Å². The van der Waals surface area contributed by atoms with Crippen LogP contribution in [-0.4, -0.2) is 28.1 Å². The van der Waals surface area contributed by atoms with Crippen LogP contribution in [0.25, 0.3) is 10.9 Å². The van der Waals surface area contributed by atoms with Gasteiger partial charge < -0.3 is 15.0 Å². The molecule has 0 atom stereocenters. The molecule has 0 radical (unpaired) electrons. The van der Waals surface area contributed by atoms with Gasteiger partial charge in [0.25, 0.3) is 5.91 Å². The van der Waals surface area contributed by atoms with E-state index < -0.39 is 5.97 Å². The zero-order chi connectivity index (χ0) is 12.4. The highest BCUT2D eigenvalue weighted by atomic mass is 16.4. The van der Waals surface area contributed by atoms with Crippen molar-refractivity contribution in [3.8, 4) is 0 Å². The predicted molar refractivity (Wildman–Crippen MR) is 62.9 cm³/mol. The van der Waals surface area contributed by atoms with Gasteiger partial charge in [-0.15, -0.1) is 0 Å². The van der Waals surface area contributed by atoms with Gasteiger partial charge in [0, 0.05) is 29.7 Å². The molecule has 1 aromatic heterocycles. The third kappa shape index (κ3) is 2.28. The van der Waals surface area contributed by atoms with E-state index in [2.05, 4.69) is 5.32 Å². The van der Waals surface area contributed by atoms with Gasteiger partial charge >= 0.3 is 5.97 Å². The summed E-state index contributed by atoms with van der Waals surface area (Å²) < 4.78 is 1.95. The Balaban J connectivity index is 2.24. The highest BCUT2D eigenvalue weighted by molar-refractivity contribution is 5.99. The third-order valence-electron chi connectivity index (χ3n) is 2.55. The van der Waals surface area contributed by atoms with Gasteiger partial charge in [0.15, 0.2) is 0 Å². The lowest BCUT2D eigenvalue weighted by atomic mass is 10.1. The van der Waals surface area contributed by atoms with Gasteiger partial charge in [-0.2, -0.15) is 0 Å². The number of hydrogen-bond donors (Lipinski definition) is 2. The van der Waals surface area contributed by atoms with Gasteiger partial charge in [-0.25, -0.2) is 0 Å². The summed E-state index contributed by atoms with van der Waals surface area (Å²) in [6, 6.07) is 7.17. The van der Waals surface area contributed by atoms with Crippen molar-refractivity contribution in [1.29, 1.82) is 0 Å². The maximum absolute atomic E-state index is 11.6. The molecule has 0 spiro atoms. The van der Waals surface area contributed by atoms with Crippen molar-refractivity contribution in [1.82, 2.24) is 9.88 Å². The highest BCUT2D eigenvalue weighted by Crippen LogP contribution is 2.16. The Morgan fingerprint density at radius 1 is 1.35 bits per heavy atom. The molecule has 0 saturated carbocycles. The summed E-state index contributed by atoms with van der Waals surface area (Å²) in [4.78, 5) is 22.0. The standard InChI is InChI=1S/C12H12N2O3/c1-14-5-4-8-6-9(2-3-10(8)14)12(17)13-7-11(15)16/h2-6H,7H2,1H3,(H,13,17)(H,15,16). The normalized spacial score (nSPS) is 10.4. The van der Waals surface area contributed by atoms with Crippen molar-refractivity contribution in [2.45, 2.75) is 0 Å². The van der Waals surface area contributed by atoms with E-state index in [9.17, 15) is 9.59 Å². The molecule has 0 aliphatic carbocycles. The van der Waals surface area contributed by atoms with Crippen LogP contribution in [0.3, 0.4) is 0 Å². The van der Waals surface area contributed by atoms with Crippen molar-refractivity contribution in [3.05, 3.63) is 36.0 Å². The Bertz CT molecular complexity index is 586. The fourth-order valence-electron chi connectivity index (χ4n) is 1.68. The molecule has 0 aliphatic rings. The minimum Gasteiger partial charge on any atom is -0.480 e. The molecular formula is C12H12N2O3. The molecule has 0 unspecified atom stereocenters. The number of rotatable bonds is 3. The van der Waals surface area contributed by atoms with Gasteiger partial charge in [0.05, 0.1) is 0 Å². The summed E-state index contributed by atoms with van der Waals surface area (Å²) in [6.07, 6.45) is 1.91. The molecule has 1 heterocycles. The van der Waals surface area contributed by atoms with Crippen molar-refractivity contribution in [2.75, 3.05) is 6.54 Å². The van der Waals surface area contributed by atoms with Gasteiger partial charge in [-0.3, -0.25) is 9.59 Å². The summed E-state index contributed by atoms with van der Waals surface area (Å²) in [6.45, 7) is -0.369. The van der Waals surface area contributed by atoms with E-state index in [0.717, 1.165) is 10.9 Å². The molecule has 2 N–H and O–H groups in total. The lowest BCUT2D eigenvalue weighted by Crippen LogP contribution is -2.29. The lowest BCUT2D eigenvalue weighted by Gasteiger charge is -2.03. The van der Waals surface area contributed by atoms with E-state index >= 15 is 0 Å². The first-order valence-electron chi connectivity index (χ1n) is 5.13. The molecule has 5 nitrogen and oxygen atoms in total. The zero-order valence-corrected chi connectivity index (χ0v) is 9.30. The van der Waals surface area contributed by atoms with Crippen molar-refractivity contribution in [2.24, 2.45) is 7.05 Å². The van der Waals surface area contributed by atoms with E-state index in [1.807, 2.05) is 29.9 Å². The van der Waals surface area contributed by atoms with Crippen LogP contribution in [0.2, 0.25) is 0 Å². The Morgan fingerprint density at radius 2 is 2.12 bits per heavy atom. The number of hydrogen-bond acceptors (Lipinski definition) is 2. The molecule has 0 saturated heterocycles. The molecule has 0 bridgehead atoms. The fourth-order valence-corrected chi connectivity index (χ4v) is 1.68. The number of aryl methyl sites for hydroxylation is 1. The van der Waals surface area contributed by atoms with E-state index in [1.54, 1.807) is 12.1 Å². The molecule has 2 rings (SSSR count). The second-order valence-corrected chi connectivity index (χ2v) is 3.78. The van der Waals surface area contributed by atoms with Gasteiger partial charge in [0.1, 0.15) is 6.54 Å². The van der Waals surface area contributed by atoms with Crippen LogP contribution in [0.5, 0.6) is 0 Å². The first-order valence-corrected chi connectivity index (χ1v) is 5.13. The second-order valence-electron chi connectivity index (χ2n) is 3.78. The smallest absolute Gasteiger partial charge is 0.322 e. The largest absolute Gasteiger partial charge is 0.480 e. The van der Waals surface area contributed by atoms with Crippen LogP contribution in [0.4, 0.5) is 0 Å². The van der Waals surface area contributed by atoms with Crippen LogP contribution in [-0.2, 0) is 11.8 Å². The number of aliphatic carboxylic acids is 1. The minimum atomic E-state index is -1.06. The lowest BCUT2D eigenvalue weighted by molar-refractivity contribution is -0.135. The van der Waals surface area contributed by atoms with Gasteiger partial charge in [-0.1, -0.05) is 0 Å². The van der Waals surface area contributed by atoms with E-state index in [-0.39, 0.29) is 12.5 Å². The number of nitrogens with zero attached hydrogens (tertiary/aromatic N) is 1. The maximum atomic E-state index is 11.6. The summed E-state index contributed by atoms with van der Waals surface area (Å²) in [5.74, 6) is -1.43. The number of fused-ring (bicyclic) bond motifs is 1. The SMILES string of the molecule is Cn1ccc2cc(C(=O)NCC(=O)O)ccc21. The Morgan fingerprint density at radius 3 is 2.82 bits per heavy atom. The quantitative estimate of drug-likeness (QED) is 0.829. The zero-order valence-electron chi connectivity index (χ0n) is 9.30. The number of nitrogens with one attached hydrogen (secondary N) is 1. The molecule has 0 aliphatic heterocycles. The third-order valence-corrected chi connectivity index (χ3v) is 2.55. The van der Waals surface area contributed by atoms with E-state index in [4.69, 9.17) is 5.11 Å². The van der Waals surface area contributed by atoms with Crippen LogP contribution < -0.4 is 5.32 Å². The summed E-state index contributed by atoms with van der Waals surface area (Å²) in [7, 11) is 1.92. The summed E-state index contributed by atoms with van der Waals surface area (Å²) in [5.41, 5.74) is 1.49. The average Bonchev–Trinajstić information content (AvgIpc) is 2.67. The highest BCUT2D eigenvalue weighted by Gasteiger charge is 2.08. The van der Waals surface area contributed by atoms with Crippen molar-refractivity contribution >= 4 is 22.8 Å². The second kappa shape index (κ2) is 4.29. The predicted octanol–water partition coefficient (Wildman–Crippen LogP) is 0.993. The van der Waals surface area contributed by atoms with Crippen molar-refractivity contribution in [3.63, 3.8) is 0 Å². The van der Waals surface area contributed by atoms with Crippen LogP contribution in [0.15, 0.2) is 30.5 Å². The maximum Gasteiger partial charge on any atom is 0.322 e. The molecule has 0 fully saturated rings. The first-order chi connectivity index (χ1) is 8.08.